The van der Waals surface area contributed by atoms with Gasteiger partial charge in [0.2, 0.25) is 0 Å². The Morgan fingerprint density at radius 2 is 1.86 bits per heavy atom. The summed E-state index contributed by atoms with van der Waals surface area (Å²) in [7, 11) is 0. The summed E-state index contributed by atoms with van der Waals surface area (Å²) in [6.07, 6.45) is 0. The van der Waals surface area contributed by atoms with Crippen LogP contribution in [0.4, 0.5) is 5.69 Å². The zero-order valence-electron chi connectivity index (χ0n) is 12.3. The molecule has 0 bridgehead atoms. The van der Waals surface area contributed by atoms with Gasteiger partial charge in [-0.05, 0) is 49.0 Å². The molecule has 0 spiro atoms. The van der Waals surface area contributed by atoms with Crippen molar-refractivity contribution in [2.45, 2.75) is 13.5 Å². The zero-order chi connectivity index (χ0) is 15.4. The first-order valence-corrected chi connectivity index (χ1v) is 7.58. The van der Waals surface area contributed by atoms with E-state index >= 15 is 0 Å². The minimum absolute atomic E-state index is 0.614. The molecule has 0 saturated heterocycles. The first kappa shape index (κ1) is 14.5. The Balaban J connectivity index is 1.65. The molecule has 0 atom stereocenters. The molecule has 2 N–H and O–H groups in total. The number of rotatable bonds is 3. The van der Waals surface area contributed by atoms with Crippen molar-refractivity contribution >= 4 is 33.9 Å². The first-order valence-electron chi connectivity index (χ1n) is 7.17. The Morgan fingerprint density at radius 3 is 2.68 bits per heavy atom. The van der Waals surface area contributed by atoms with Gasteiger partial charge in [0.05, 0.1) is 5.52 Å². The minimum Gasteiger partial charge on any atom is -0.358 e. The fourth-order valence-corrected chi connectivity index (χ4v) is 2.45. The predicted octanol–water partition coefficient (Wildman–Crippen LogP) is 4.03. The summed E-state index contributed by atoms with van der Waals surface area (Å²) in [6.45, 7) is 2.70. The molecule has 0 saturated carbocycles. The van der Waals surface area contributed by atoms with E-state index in [0.29, 0.717) is 11.7 Å². The van der Waals surface area contributed by atoms with Crippen molar-refractivity contribution in [3.8, 4) is 0 Å². The lowest BCUT2D eigenvalue weighted by Crippen LogP contribution is -2.27. The lowest BCUT2D eigenvalue weighted by Gasteiger charge is -2.11. The number of hydrogen-bond acceptors (Lipinski definition) is 2. The van der Waals surface area contributed by atoms with Gasteiger partial charge < -0.3 is 10.6 Å². The second kappa shape index (κ2) is 6.54. The molecule has 4 heteroatoms. The van der Waals surface area contributed by atoms with Gasteiger partial charge in [-0.15, -0.1) is 0 Å². The fraction of sp³-hybridized carbons (Fsp3) is 0.111. The SMILES string of the molecule is Cc1ccc2cc(NC(=S)NCc3ccccc3)ccc2n1. The van der Waals surface area contributed by atoms with E-state index in [9.17, 15) is 0 Å². The normalized spacial score (nSPS) is 10.4. The molecule has 0 aliphatic rings. The molecule has 0 amide bonds. The summed E-state index contributed by atoms with van der Waals surface area (Å²) in [5, 5.41) is 8.13. The highest BCUT2D eigenvalue weighted by Crippen LogP contribution is 2.18. The van der Waals surface area contributed by atoms with E-state index in [2.05, 4.69) is 39.9 Å². The van der Waals surface area contributed by atoms with Crippen molar-refractivity contribution in [1.29, 1.82) is 0 Å². The summed E-state index contributed by atoms with van der Waals surface area (Å²) in [5.74, 6) is 0. The van der Waals surface area contributed by atoms with Crippen LogP contribution in [0.5, 0.6) is 0 Å². The number of fused-ring (bicyclic) bond motifs is 1. The highest BCUT2D eigenvalue weighted by atomic mass is 32.1. The van der Waals surface area contributed by atoms with Gasteiger partial charge in [-0.1, -0.05) is 36.4 Å². The first-order chi connectivity index (χ1) is 10.7. The number of thiocarbonyl (C=S) groups is 1. The van der Waals surface area contributed by atoms with Crippen LogP contribution in [0, 0.1) is 6.92 Å². The van der Waals surface area contributed by atoms with Crippen LogP contribution in [-0.4, -0.2) is 10.1 Å². The number of hydrogen-bond donors (Lipinski definition) is 2. The smallest absolute Gasteiger partial charge is 0.171 e. The van der Waals surface area contributed by atoms with Gasteiger partial charge in [-0.3, -0.25) is 4.98 Å². The predicted molar refractivity (Wildman–Crippen MR) is 96.0 cm³/mol. The molecule has 1 aromatic heterocycles. The molecular weight excluding hydrogens is 290 g/mol. The van der Waals surface area contributed by atoms with Crippen molar-refractivity contribution in [2.24, 2.45) is 0 Å². The lowest BCUT2D eigenvalue weighted by atomic mass is 10.2. The number of nitrogens with one attached hydrogen (secondary N) is 2. The molecular formula is C18H17N3S. The highest BCUT2D eigenvalue weighted by molar-refractivity contribution is 7.80. The molecule has 3 rings (SSSR count). The number of aryl methyl sites for hydroxylation is 1. The number of benzene rings is 2. The van der Waals surface area contributed by atoms with Crippen LogP contribution in [0.3, 0.4) is 0 Å². The summed E-state index contributed by atoms with van der Waals surface area (Å²) in [6, 6.07) is 20.3. The van der Waals surface area contributed by atoms with Gasteiger partial charge in [0.15, 0.2) is 5.11 Å². The average Bonchev–Trinajstić information content (AvgIpc) is 2.54. The third-order valence-corrected chi connectivity index (χ3v) is 3.63. The Kier molecular flexibility index (Phi) is 4.30. The second-order valence-electron chi connectivity index (χ2n) is 5.15. The van der Waals surface area contributed by atoms with Crippen LogP contribution < -0.4 is 10.6 Å². The van der Waals surface area contributed by atoms with Gasteiger partial charge in [-0.2, -0.15) is 0 Å². The molecule has 0 unspecified atom stereocenters. The van der Waals surface area contributed by atoms with Crippen LogP contribution in [0.2, 0.25) is 0 Å². The number of aromatic nitrogens is 1. The third kappa shape index (κ3) is 3.59. The maximum atomic E-state index is 5.34. The number of pyridine rings is 1. The van der Waals surface area contributed by atoms with Crippen LogP contribution in [0.25, 0.3) is 10.9 Å². The maximum Gasteiger partial charge on any atom is 0.171 e. The molecule has 3 aromatic rings. The third-order valence-electron chi connectivity index (χ3n) is 3.38. The molecule has 0 aliphatic heterocycles. The van der Waals surface area contributed by atoms with E-state index in [-0.39, 0.29) is 0 Å². The molecule has 1 heterocycles. The van der Waals surface area contributed by atoms with Gasteiger partial charge >= 0.3 is 0 Å². The lowest BCUT2D eigenvalue weighted by molar-refractivity contribution is 0.926. The van der Waals surface area contributed by atoms with Crippen LogP contribution in [-0.2, 0) is 6.54 Å². The fourth-order valence-electron chi connectivity index (χ4n) is 2.26. The second-order valence-corrected chi connectivity index (χ2v) is 5.56. The molecule has 2 aromatic carbocycles. The Labute approximate surface area is 135 Å². The zero-order valence-corrected chi connectivity index (χ0v) is 13.2. The van der Waals surface area contributed by atoms with Crippen molar-refractivity contribution in [3.63, 3.8) is 0 Å². The topological polar surface area (TPSA) is 37.0 Å². The summed E-state index contributed by atoms with van der Waals surface area (Å²) < 4.78 is 0. The Bertz CT molecular complexity index is 800. The average molecular weight is 307 g/mol. The molecule has 0 radical (unpaired) electrons. The molecule has 0 fully saturated rings. The number of anilines is 1. The Hall–Kier alpha value is -2.46. The monoisotopic (exact) mass is 307 g/mol. The van der Waals surface area contributed by atoms with Gasteiger partial charge in [0.1, 0.15) is 0 Å². The van der Waals surface area contributed by atoms with Crippen LogP contribution in [0.15, 0.2) is 60.7 Å². The van der Waals surface area contributed by atoms with E-state index in [1.54, 1.807) is 0 Å². The van der Waals surface area contributed by atoms with E-state index in [4.69, 9.17) is 12.2 Å². The largest absolute Gasteiger partial charge is 0.358 e. The van der Waals surface area contributed by atoms with Crippen LogP contribution >= 0.6 is 12.2 Å². The van der Waals surface area contributed by atoms with Crippen molar-refractivity contribution in [2.75, 3.05) is 5.32 Å². The molecule has 22 heavy (non-hydrogen) atoms. The van der Waals surface area contributed by atoms with E-state index in [0.717, 1.165) is 22.3 Å². The highest BCUT2D eigenvalue weighted by Gasteiger charge is 2.01. The molecule has 110 valence electrons. The molecule has 3 nitrogen and oxygen atoms in total. The number of nitrogens with zero attached hydrogens (tertiary/aromatic N) is 1. The Morgan fingerprint density at radius 1 is 1.05 bits per heavy atom. The van der Waals surface area contributed by atoms with Gasteiger partial charge in [0.25, 0.3) is 0 Å². The van der Waals surface area contributed by atoms with E-state index in [1.807, 2.05) is 43.3 Å². The summed E-state index contributed by atoms with van der Waals surface area (Å²) >= 11 is 5.34. The quantitative estimate of drug-likeness (QED) is 0.716. The summed E-state index contributed by atoms with van der Waals surface area (Å²) in [4.78, 5) is 4.50. The minimum atomic E-state index is 0.614. The molecule has 0 aliphatic carbocycles. The summed E-state index contributed by atoms with van der Waals surface area (Å²) in [5.41, 5.74) is 4.18. The van der Waals surface area contributed by atoms with Gasteiger partial charge in [0, 0.05) is 23.3 Å². The van der Waals surface area contributed by atoms with Crippen molar-refractivity contribution < 1.29 is 0 Å². The van der Waals surface area contributed by atoms with E-state index < -0.39 is 0 Å². The maximum absolute atomic E-state index is 5.34. The van der Waals surface area contributed by atoms with E-state index in [1.165, 1.54) is 5.56 Å². The van der Waals surface area contributed by atoms with Crippen molar-refractivity contribution in [3.05, 3.63) is 71.9 Å². The van der Waals surface area contributed by atoms with Gasteiger partial charge in [-0.25, -0.2) is 0 Å². The standard InChI is InChI=1S/C18H17N3S/c1-13-7-8-15-11-16(9-10-17(15)20-13)21-18(22)19-12-14-5-3-2-4-6-14/h2-11H,12H2,1H3,(H2,19,21,22). The van der Waals surface area contributed by atoms with Crippen LogP contribution in [0.1, 0.15) is 11.3 Å². The van der Waals surface area contributed by atoms with Crippen molar-refractivity contribution in [1.82, 2.24) is 10.3 Å².